The van der Waals surface area contributed by atoms with Crippen LogP contribution in [0.15, 0.2) is 77.8 Å². The van der Waals surface area contributed by atoms with E-state index in [0.717, 1.165) is 98.9 Å². The molecule has 1 aliphatic heterocycles. The highest BCUT2D eigenvalue weighted by molar-refractivity contribution is 6.01. The first-order valence-electron chi connectivity index (χ1n) is 28.2. The van der Waals surface area contributed by atoms with E-state index >= 15 is 0 Å². The van der Waals surface area contributed by atoms with Crippen molar-refractivity contribution in [2.24, 2.45) is 64.2 Å². The van der Waals surface area contributed by atoms with Crippen molar-refractivity contribution in [2.45, 2.75) is 149 Å². The monoisotopic (exact) mass is 981 g/mol. The number of benzene rings is 4. The predicted molar refractivity (Wildman–Crippen MR) is 290 cm³/mol. The van der Waals surface area contributed by atoms with E-state index in [-0.39, 0.29) is 71.3 Å². The van der Waals surface area contributed by atoms with Gasteiger partial charge in [0.2, 0.25) is 5.91 Å². The number of aromatic nitrogens is 2. The van der Waals surface area contributed by atoms with Gasteiger partial charge in [-0.05, 0) is 155 Å². The lowest BCUT2D eigenvalue weighted by Crippen LogP contribution is -2.49. The average Bonchev–Trinajstić information content (AvgIpc) is 4.19. The number of amides is 1. The molecule has 14 rings (SSSR count). The molecule has 1 aromatic heterocycles. The second kappa shape index (κ2) is 20.5. The predicted octanol–water partition coefficient (Wildman–Crippen LogP) is 12.9. The van der Waals surface area contributed by atoms with Gasteiger partial charge >= 0.3 is 5.97 Å². The molecule has 9 nitrogen and oxygen atoms in total. The number of carbonyl (C=O) groups excluding carboxylic acids is 4. The zero-order valence-electron chi connectivity index (χ0n) is 44.1. The third-order valence-electron chi connectivity index (χ3n) is 18.9. The fourth-order valence-corrected chi connectivity index (χ4v) is 15.2. The molecule has 4 aromatic carbocycles. The smallest absolute Gasteiger partial charge is 0.306 e. The van der Waals surface area contributed by atoms with Crippen LogP contribution in [0.25, 0.3) is 33.3 Å². The number of Topliss-reactive ketones (excluding diaryl/α,β-unsaturated/α-hetero) is 2. The summed E-state index contributed by atoms with van der Waals surface area (Å²) in [5.74, 6) is 2.21. The van der Waals surface area contributed by atoms with E-state index < -0.39 is 6.04 Å². The number of fused-ring (bicyclic) bond motifs is 4. The number of aryl methyl sites for hydroxylation is 4. The maximum absolute atomic E-state index is 14.6. The molecule has 10 atom stereocenters. The van der Waals surface area contributed by atoms with Gasteiger partial charge in [0.1, 0.15) is 11.6 Å². The Bertz CT molecular complexity index is 2980. The number of imidazole rings is 1. The van der Waals surface area contributed by atoms with Crippen LogP contribution in [0.3, 0.4) is 0 Å². The summed E-state index contributed by atoms with van der Waals surface area (Å²) in [4.78, 5) is 68.4. The average molecular weight is 981 g/mol. The summed E-state index contributed by atoms with van der Waals surface area (Å²) < 4.78 is 5.07. The Hall–Kier alpha value is -5.70. The molecule has 2 heterocycles. The number of ether oxygens (including phenoxy) is 1. The van der Waals surface area contributed by atoms with E-state index in [9.17, 15) is 19.2 Å². The summed E-state index contributed by atoms with van der Waals surface area (Å²) in [6.07, 6.45) is 15.8. The Morgan fingerprint density at radius 1 is 0.671 bits per heavy atom. The molecule has 5 aromatic rings. The minimum absolute atomic E-state index is 0.00424. The molecule has 8 aliphatic carbocycles. The third kappa shape index (κ3) is 9.68. The van der Waals surface area contributed by atoms with Crippen LogP contribution in [0, 0.1) is 59.2 Å². The largest absolute Gasteiger partial charge is 0.469 e. The molecular weight excluding hydrogens is 905 g/mol. The van der Waals surface area contributed by atoms with Crippen LogP contribution in [-0.4, -0.2) is 52.3 Å². The van der Waals surface area contributed by atoms with Crippen LogP contribution in [0.1, 0.15) is 145 Å². The molecule has 4 saturated carbocycles. The van der Waals surface area contributed by atoms with E-state index in [0.29, 0.717) is 23.7 Å². The molecule has 0 radical (unpaired) electrons. The van der Waals surface area contributed by atoms with Gasteiger partial charge in [-0.1, -0.05) is 121 Å². The van der Waals surface area contributed by atoms with Crippen molar-refractivity contribution in [3.63, 3.8) is 0 Å². The van der Waals surface area contributed by atoms with Gasteiger partial charge in [-0.25, -0.2) is 4.98 Å². The van der Waals surface area contributed by atoms with Crippen molar-refractivity contribution in [1.29, 1.82) is 0 Å². The van der Waals surface area contributed by atoms with E-state index in [4.69, 9.17) is 14.7 Å². The molecule has 0 spiro atoms. The maximum Gasteiger partial charge on any atom is 0.306 e. The van der Waals surface area contributed by atoms with Crippen LogP contribution in [0.4, 0.5) is 5.69 Å². The Balaban J connectivity index is 0.843. The van der Waals surface area contributed by atoms with Gasteiger partial charge in [0.25, 0.3) is 0 Å². The van der Waals surface area contributed by atoms with Gasteiger partial charge in [0.05, 0.1) is 36.3 Å². The van der Waals surface area contributed by atoms with E-state index in [1.807, 2.05) is 13.8 Å². The van der Waals surface area contributed by atoms with Crippen molar-refractivity contribution in [1.82, 2.24) is 15.3 Å². The summed E-state index contributed by atoms with van der Waals surface area (Å²) >= 11 is 0. The van der Waals surface area contributed by atoms with E-state index in [2.05, 4.69) is 96.9 Å². The van der Waals surface area contributed by atoms with E-state index in [1.54, 1.807) is 0 Å². The Morgan fingerprint density at radius 3 is 1.88 bits per heavy atom. The number of methoxy groups -OCH3 is 1. The van der Waals surface area contributed by atoms with Crippen LogP contribution in [0.2, 0.25) is 0 Å². The highest BCUT2D eigenvalue weighted by atomic mass is 16.5. The first-order valence-corrected chi connectivity index (χ1v) is 28.2. The number of esters is 1. The maximum atomic E-state index is 14.6. The third-order valence-corrected chi connectivity index (χ3v) is 18.9. The fourth-order valence-electron chi connectivity index (χ4n) is 15.2. The Labute approximate surface area is 432 Å². The molecule has 1 amide bonds. The molecule has 4 fully saturated rings. The summed E-state index contributed by atoms with van der Waals surface area (Å²) in [6.45, 7) is 9.74. The van der Waals surface area contributed by atoms with Crippen LogP contribution in [0.5, 0.6) is 0 Å². The zero-order chi connectivity index (χ0) is 50.7. The molecule has 4 bridgehead atoms. The van der Waals surface area contributed by atoms with Gasteiger partial charge in [0.15, 0.2) is 5.78 Å². The number of aromatic amines is 1. The topological polar surface area (TPSA) is 131 Å². The highest BCUT2D eigenvalue weighted by Crippen LogP contribution is 2.55. The van der Waals surface area contributed by atoms with Gasteiger partial charge in [-0.3, -0.25) is 24.2 Å². The van der Waals surface area contributed by atoms with Crippen molar-refractivity contribution >= 4 is 45.9 Å². The van der Waals surface area contributed by atoms with Gasteiger partial charge in [-0.2, -0.15) is 0 Å². The summed E-state index contributed by atoms with van der Waals surface area (Å²) in [7, 11) is 1.41. The molecule has 4 unspecified atom stereocenters. The summed E-state index contributed by atoms with van der Waals surface area (Å²) in [6, 6.07) is 27.2. The minimum Gasteiger partial charge on any atom is -0.469 e. The first-order chi connectivity index (χ1) is 35.3. The van der Waals surface area contributed by atoms with Gasteiger partial charge < -0.3 is 15.0 Å². The number of H-pyrrole nitrogens is 1. The van der Waals surface area contributed by atoms with Crippen LogP contribution >= 0.6 is 0 Å². The number of rotatable bonds is 13. The lowest BCUT2D eigenvalue weighted by molar-refractivity contribution is -0.145. The lowest BCUT2D eigenvalue weighted by Gasteiger charge is -2.33. The quantitative estimate of drug-likeness (QED) is 0.113. The zero-order valence-corrected chi connectivity index (χ0v) is 44.1. The Kier molecular flexibility index (Phi) is 13.9. The lowest BCUT2D eigenvalue weighted by atomic mass is 9.71. The molecule has 73 heavy (non-hydrogen) atoms. The standard InChI is InChI=1S/C64H76N4O5/c1-35(2)49(34-58(70)73-6)62(71)60-48-14-10-8-12-43(48)30-53(60)64-67-54-26-25-45(32-57(54)68-64)51-28-39-16-20-40-19-15-38(17-21-41(51)22-18-39)27-50(40)44-23-24-46-33-56(66-55(46)31-44)52-29-42-11-7-9-13-47(42)59(52)63(72)61(36(3)4)65-37(5)69/h15,18-19,22-28,31-32,35-36,42-43,47-49,52-53,59-61H,7-14,16-17,20-21,29-30,33-34H2,1-6H3,(H,65,69)(H,67,68)/t42-,43-,47-,48-,49-,52?,53?,59?,60?,61-/m0/s1. The van der Waals surface area contributed by atoms with Crippen molar-refractivity contribution in [2.75, 3.05) is 7.11 Å². The fraction of sp³-hybridized carbons (Fsp3) is 0.531. The molecule has 382 valence electrons. The van der Waals surface area contributed by atoms with Crippen LogP contribution < -0.4 is 5.32 Å². The number of hydrogen-bond acceptors (Lipinski definition) is 7. The van der Waals surface area contributed by atoms with Gasteiger partial charge in [0, 0.05) is 48.6 Å². The summed E-state index contributed by atoms with van der Waals surface area (Å²) in [5.41, 5.74) is 15.6. The first kappa shape index (κ1) is 49.5. The Morgan fingerprint density at radius 2 is 1.26 bits per heavy atom. The molecular formula is C64H76N4O5. The number of ketones is 2. The number of nitrogens with zero attached hydrogens (tertiary/aromatic N) is 2. The molecule has 0 saturated heterocycles. The van der Waals surface area contributed by atoms with Crippen molar-refractivity contribution in [3.8, 4) is 22.3 Å². The number of hydrogen-bond donors (Lipinski definition) is 2. The van der Waals surface area contributed by atoms with Crippen molar-refractivity contribution in [3.05, 3.63) is 106 Å². The van der Waals surface area contributed by atoms with E-state index in [1.165, 1.54) is 89.8 Å². The molecule has 9 heteroatoms. The number of aliphatic imine (C=N–C) groups is 1. The molecule has 2 N–H and O–H groups in total. The minimum atomic E-state index is -0.469. The molecule has 9 aliphatic rings. The summed E-state index contributed by atoms with van der Waals surface area (Å²) in [5, 5.41) is 3.04. The highest BCUT2D eigenvalue weighted by Gasteiger charge is 2.52. The SMILES string of the molecule is COC(=O)C[C@H](C(=O)C1C(c2nc3ccc(-c4cc5ccc4CCc4ccc(c(-c6ccc7c(c6)N=C(C6C[C@@H]8CCCC[C@@H]8C6C(=O)[C@@H](NC(C)=O)C(C)C)C7)c4)CC5)cc3[nH]2)C[C@@H]2CCCC[C@H]12)C(C)C. The van der Waals surface area contributed by atoms with Gasteiger partial charge in [-0.15, -0.1) is 0 Å². The second-order valence-corrected chi connectivity index (χ2v) is 24.0. The number of carbonyl (C=O) groups is 4. The normalized spacial score (nSPS) is 26.2. The second-order valence-electron chi connectivity index (χ2n) is 24.0. The number of nitrogens with one attached hydrogen (secondary N) is 2. The van der Waals surface area contributed by atoms with Crippen molar-refractivity contribution < 1.29 is 23.9 Å². The van der Waals surface area contributed by atoms with Crippen LogP contribution in [-0.2, 0) is 56.0 Å².